The van der Waals surface area contributed by atoms with Crippen LogP contribution in [0.5, 0.6) is 0 Å². The minimum absolute atomic E-state index is 0.203. The molecular weight excluding hydrogens is 352 g/mol. The van der Waals surface area contributed by atoms with Gasteiger partial charge in [-0.15, -0.1) is 11.3 Å². The number of imide groups is 1. The predicted molar refractivity (Wildman–Crippen MR) is 75.5 cm³/mol. The summed E-state index contributed by atoms with van der Waals surface area (Å²) >= 11 is 10.3. The molecule has 0 aliphatic carbocycles. The molecule has 1 aliphatic rings. The number of benzene rings is 1. The molecule has 1 aromatic carbocycles. The maximum absolute atomic E-state index is 12.2. The van der Waals surface area contributed by atoms with E-state index in [-0.39, 0.29) is 18.4 Å². The molecule has 0 saturated carbocycles. The van der Waals surface area contributed by atoms with Gasteiger partial charge in [0.1, 0.15) is 0 Å². The number of carbonyl (C=O) groups excluding carboxylic acids is 2. The van der Waals surface area contributed by atoms with Gasteiger partial charge in [-0.25, -0.2) is 4.98 Å². The molecule has 2 aromatic rings. The Morgan fingerprint density at radius 2 is 2.00 bits per heavy atom. The fraction of sp³-hybridized carbons (Fsp3) is 0.0833. The van der Waals surface area contributed by atoms with Crippen molar-refractivity contribution < 1.29 is 9.59 Å². The van der Waals surface area contributed by atoms with Gasteiger partial charge >= 0.3 is 0 Å². The van der Waals surface area contributed by atoms with Crippen molar-refractivity contribution in [2.45, 2.75) is 6.54 Å². The fourth-order valence-corrected chi connectivity index (χ4v) is 3.25. The van der Waals surface area contributed by atoms with E-state index in [0.717, 1.165) is 9.35 Å². The summed E-state index contributed by atoms with van der Waals surface area (Å²) in [5.74, 6) is -0.567. The van der Waals surface area contributed by atoms with E-state index in [4.69, 9.17) is 11.6 Å². The lowest BCUT2D eigenvalue weighted by Crippen LogP contribution is -2.28. The molecule has 0 N–H and O–H groups in total. The first-order chi connectivity index (χ1) is 9.06. The highest BCUT2D eigenvalue weighted by Gasteiger charge is 2.35. The molecule has 2 heterocycles. The van der Waals surface area contributed by atoms with Crippen molar-refractivity contribution in [1.29, 1.82) is 0 Å². The molecule has 3 rings (SSSR count). The van der Waals surface area contributed by atoms with E-state index in [1.54, 1.807) is 24.4 Å². The Morgan fingerprint density at radius 1 is 1.26 bits per heavy atom. The van der Waals surface area contributed by atoms with Crippen molar-refractivity contribution in [2.24, 2.45) is 0 Å². The van der Waals surface area contributed by atoms with E-state index in [1.807, 2.05) is 0 Å². The first-order valence-electron chi connectivity index (χ1n) is 5.32. The second-order valence-electron chi connectivity index (χ2n) is 3.97. The van der Waals surface area contributed by atoms with Crippen LogP contribution in [0.4, 0.5) is 0 Å². The molecule has 19 heavy (non-hydrogen) atoms. The van der Waals surface area contributed by atoms with Gasteiger partial charge in [-0.05, 0) is 18.2 Å². The van der Waals surface area contributed by atoms with E-state index in [0.29, 0.717) is 15.6 Å². The van der Waals surface area contributed by atoms with Gasteiger partial charge in [0.25, 0.3) is 11.8 Å². The highest BCUT2D eigenvalue weighted by atomic mass is 79.9. The van der Waals surface area contributed by atoms with Crippen LogP contribution in [0.2, 0.25) is 4.47 Å². The van der Waals surface area contributed by atoms with Gasteiger partial charge in [0, 0.05) is 15.5 Å². The molecule has 0 fully saturated rings. The Bertz CT molecular complexity index is 701. The number of hydrogen-bond donors (Lipinski definition) is 0. The number of amides is 2. The SMILES string of the molecule is O=C1c2ccc(Br)cc2C(=O)N1Cc1cnc(Cl)s1. The molecule has 7 heteroatoms. The van der Waals surface area contributed by atoms with Gasteiger partial charge in [0.2, 0.25) is 0 Å². The van der Waals surface area contributed by atoms with E-state index in [9.17, 15) is 9.59 Å². The van der Waals surface area contributed by atoms with Crippen LogP contribution in [-0.4, -0.2) is 21.7 Å². The van der Waals surface area contributed by atoms with Gasteiger partial charge < -0.3 is 0 Å². The van der Waals surface area contributed by atoms with Crippen LogP contribution in [0.25, 0.3) is 0 Å². The van der Waals surface area contributed by atoms with Crippen LogP contribution in [0.1, 0.15) is 25.6 Å². The molecule has 0 bridgehead atoms. The number of carbonyl (C=O) groups is 2. The van der Waals surface area contributed by atoms with Crippen molar-refractivity contribution in [2.75, 3.05) is 0 Å². The van der Waals surface area contributed by atoms with Gasteiger partial charge in [-0.1, -0.05) is 27.5 Å². The molecule has 4 nitrogen and oxygen atoms in total. The summed E-state index contributed by atoms with van der Waals surface area (Å²) in [6.45, 7) is 0.203. The molecule has 1 aromatic heterocycles. The second kappa shape index (κ2) is 4.70. The van der Waals surface area contributed by atoms with Crippen LogP contribution >= 0.6 is 38.9 Å². The third kappa shape index (κ3) is 2.20. The predicted octanol–water partition coefficient (Wildman–Crippen LogP) is 3.36. The highest BCUT2D eigenvalue weighted by Crippen LogP contribution is 2.28. The topological polar surface area (TPSA) is 50.3 Å². The third-order valence-electron chi connectivity index (χ3n) is 2.77. The molecule has 1 aliphatic heterocycles. The lowest BCUT2D eigenvalue weighted by Gasteiger charge is -2.11. The summed E-state index contributed by atoms with van der Waals surface area (Å²) in [5, 5.41) is 0. The molecular formula is C12H6BrClN2O2S. The van der Waals surface area contributed by atoms with Gasteiger partial charge in [0.05, 0.1) is 17.7 Å². The first-order valence-corrected chi connectivity index (χ1v) is 7.31. The average molecular weight is 358 g/mol. The Balaban J connectivity index is 1.94. The Morgan fingerprint density at radius 3 is 2.68 bits per heavy atom. The normalized spacial score (nSPS) is 14.1. The molecule has 0 spiro atoms. The number of rotatable bonds is 2. The first kappa shape index (κ1) is 12.8. The van der Waals surface area contributed by atoms with Gasteiger partial charge in [-0.2, -0.15) is 0 Å². The van der Waals surface area contributed by atoms with Crippen molar-refractivity contribution in [3.63, 3.8) is 0 Å². The quantitative estimate of drug-likeness (QED) is 0.775. The zero-order chi connectivity index (χ0) is 13.6. The Kier molecular flexibility index (Phi) is 3.16. The Labute approximate surface area is 126 Å². The van der Waals surface area contributed by atoms with Crippen molar-refractivity contribution >= 4 is 50.7 Å². The fourth-order valence-electron chi connectivity index (χ4n) is 1.92. The average Bonchev–Trinajstić information content (AvgIpc) is 2.88. The third-order valence-corrected chi connectivity index (χ3v) is 4.36. The molecule has 96 valence electrons. The zero-order valence-electron chi connectivity index (χ0n) is 9.39. The summed E-state index contributed by atoms with van der Waals surface area (Å²) in [5.41, 5.74) is 0.860. The standard InChI is InChI=1S/C12H6BrClN2O2S/c13-6-1-2-8-9(3-6)11(18)16(10(8)17)5-7-4-15-12(14)19-7/h1-4H,5H2. The lowest BCUT2D eigenvalue weighted by molar-refractivity contribution is 0.0644. The van der Waals surface area contributed by atoms with Crippen LogP contribution in [0.3, 0.4) is 0 Å². The summed E-state index contributed by atoms with van der Waals surface area (Å²) in [4.78, 5) is 30.3. The lowest BCUT2D eigenvalue weighted by atomic mass is 10.1. The molecule has 2 amide bonds. The maximum Gasteiger partial charge on any atom is 0.261 e. The summed E-state index contributed by atoms with van der Waals surface area (Å²) in [6, 6.07) is 5.06. The van der Waals surface area contributed by atoms with Crippen LogP contribution < -0.4 is 0 Å². The van der Waals surface area contributed by atoms with Crippen molar-refractivity contribution in [1.82, 2.24) is 9.88 Å². The number of hydrogen-bond acceptors (Lipinski definition) is 4. The number of halogens is 2. The zero-order valence-corrected chi connectivity index (χ0v) is 12.6. The summed E-state index contributed by atoms with van der Waals surface area (Å²) in [7, 11) is 0. The monoisotopic (exact) mass is 356 g/mol. The number of nitrogens with zero attached hydrogens (tertiary/aromatic N) is 2. The van der Waals surface area contributed by atoms with E-state index in [1.165, 1.54) is 16.2 Å². The van der Waals surface area contributed by atoms with E-state index in [2.05, 4.69) is 20.9 Å². The molecule has 0 unspecified atom stereocenters. The van der Waals surface area contributed by atoms with Crippen LogP contribution in [0, 0.1) is 0 Å². The molecule has 0 atom stereocenters. The summed E-state index contributed by atoms with van der Waals surface area (Å²) in [6.07, 6.45) is 1.58. The Hall–Kier alpha value is -1.24. The van der Waals surface area contributed by atoms with E-state index < -0.39 is 0 Å². The number of fused-ring (bicyclic) bond motifs is 1. The minimum atomic E-state index is -0.286. The van der Waals surface area contributed by atoms with Crippen LogP contribution in [-0.2, 0) is 6.54 Å². The van der Waals surface area contributed by atoms with E-state index >= 15 is 0 Å². The second-order valence-corrected chi connectivity index (χ2v) is 6.58. The molecule has 0 saturated heterocycles. The van der Waals surface area contributed by atoms with Crippen molar-refractivity contribution in [3.05, 3.63) is 49.3 Å². The van der Waals surface area contributed by atoms with Crippen molar-refractivity contribution in [3.8, 4) is 0 Å². The number of thiazole rings is 1. The maximum atomic E-state index is 12.2. The smallest absolute Gasteiger partial charge is 0.261 e. The van der Waals surface area contributed by atoms with Gasteiger partial charge in [-0.3, -0.25) is 14.5 Å². The van der Waals surface area contributed by atoms with Crippen LogP contribution in [0.15, 0.2) is 28.9 Å². The minimum Gasteiger partial charge on any atom is -0.269 e. The number of aromatic nitrogens is 1. The largest absolute Gasteiger partial charge is 0.269 e. The van der Waals surface area contributed by atoms with Gasteiger partial charge in [0.15, 0.2) is 4.47 Å². The molecule has 0 radical (unpaired) electrons. The highest BCUT2D eigenvalue weighted by molar-refractivity contribution is 9.10. The summed E-state index contributed by atoms with van der Waals surface area (Å²) < 4.78 is 1.17.